The lowest BCUT2D eigenvalue weighted by Gasteiger charge is -2.38. The molecule has 2 heterocycles. The van der Waals surface area contributed by atoms with Gasteiger partial charge in [-0.15, -0.1) is 0 Å². The Morgan fingerprint density at radius 3 is 2.27 bits per heavy atom. The molecule has 5 nitrogen and oxygen atoms in total. The van der Waals surface area contributed by atoms with Gasteiger partial charge in [-0.05, 0) is 67.6 Å². The fraction of sp³-hybridized carbons (Fsp3) is 0.400. The summed E-state index contributed by atoms with van der Waals surface area (Å²) in [6.45, 7) is 5.91. The highest BCUT2D eigenvalue weighted by molar-refractivity contribution is 14.1. The summed E-state index contributed by atoms with van der Waals surface area (Å²) in [6, 6.07) is 14.8. The van der Waals surface area contributed by atoms with Gasteiger partial charge in [-0.3, -0.25) is 4.98 Å². The van der Waals surface area contributed by atoms with Crippen molar-refractivity contribution in [3.05, 3.63) is 101 Å². The zero-order chi connectivity index (χ0) is 28.9. The van der Waals surface area contributed by atoms with Crippen molar-refractivity contribution in [2.45, 2.75) is 61.3 Å². The van der Waals surface area contributed by atoms with Gasteiger partial charge in [-0.2, -0.15) is 13.2 Å². The molecule has 0 spiro atoms. The fourth-order valence-electron chi connectivity index (χ4n) is 5.15. The maximum Gasteiger partial charge on any atom is 0.416 e. The molecule has 1 atom stereocenters. The quantitative estimate of drug-likeness (QED) is 0.157. The Morgan fingerprint density at radius 1 is 1.02 bits per heavy atom. The Labute approximate surface area is 245 Å². The first-order chi connectivity index (χ1) is 19.0. The second-order valence-electron chi connectivity index (χ2n) is 10.5. The van der Waals surface area contributed by atoms with Crippen LogP contribution in [0.3, 0.4) is 0 Å². The molecule has 0 aliphatic carbocycles. The van der Waals surface area contributed by atoms with Gasteiger partial charge >= 0.3 is 12.2 Å². The molecule has 1 aliphatic heterocycles. The van der Waals surface area contributed by atoms with Crippen molar-refractivity contribution < 1.29 is 22.4 Å². The van der Waals surface area contributed by atoms with Crippen molar-refractivity contribution in [2.24, 2.45) is 0 Å². The molecule has 0 unspecified atom stereocenters. The zero-order valence-electron chi connectivity index (χ0n) is 22.4. The second-order valence-corrected chi connectivity index (χ2v) is 11.2. The van der Waals surface area contributed by atoms with Crippen molar-refractivity contribution in [3.63, 3.8) is 0 Å². The molecular formula is C30H33F4IN4O. The molecule has 1 aromatic heterocycles. The molecular weight excluding hydrogens is 635 g/mol. The van der Waals surface area contributed by atoms with E-state index in [1.54, 1.807) is 12.3 Å². The van der Waals surface area contributed by atoms with E-state index in [9.17, 15) is 22.4 Å². The Kier molecular flexibility index (Phi) is 9.71. The number of aromatic nitrogens is 1. The number of alkyl halides is 4. The number of amides is 2. The number of nitrogens with zero attached hydrogens (tertiary/aromatic N) is 2. The summed E-state index contributed by atoms with van der Waals surface area (Å²) >= 11 is 2.19. The van der Waals surface area contributed by atoms with E-state index in [-0.39, 0.29) is 18.0 Å². The number of pyridine rings is 1. The Balaban J connectivity index is 1.79. The van der Waals surface area contributed by atoms with E-state index in [4.69, 9.17) is 0 Å². The molecule has 2 aromatic carbocycles. The van der Waals surface area contributed by atoms with E-state index in [1.165, 1.54) is 0 Å². The van der Waals surface area contributed by atoms with Gasteiger partial charge in [0.15, 0.2) is 0 Å². The van der Waals surface area contributed by atoms with Crippen molar-refractivity contribution in [1.29, 1.82) is 0 Å². The summed E-state index contributed by atoms with van der Waals surface area (Å²) in [5, 5.41) is 5.99. The summed E-state index contributed by atoms with van der Waals surface area (Å²) < 4.78 is 57.0. The number of likely N-dealkylation sites (tertiary alicyclic amines) is 1. The van der Waals surface area contributed by atoms with E-state index in [1.807, 2.05) is 36.4 Å². The van der Waals surface area contributed by atoms with Crippen LogP contribution in [0.5, 0.6) is 0 Å². The molecule has 0 radical (unpaired) electrons. The smallest absolute Gasteiger partial charge is 0.335 e. The molecule has 0 saturated carbocycles. The largest absolute Gasteiger partial charge is 0.416 e. The third-order valence-corrected chi connectivity index (χ3v) is 8.25. The summed E-state index contributed by atoms with van der Waals surface area (Å²) in [6.07, 6.45) is -1.59. The molecule has 1 fully saturated rings. The van der Waals surface area contributed by atoms with Crippen LogP contribution in [0.4, 0.5) is 22.4 Å². The molecule has 10 heteroatoms. The fourth-order valence-corrected chi connectivity index (χ4v) is 5.61. The number of hydrogen-bond acceptors (Lipinski definition) is 3. The van der Waals surface area contributed by atoms with Crippen molar-refractivity contribution >= 4 is 28.6 Å². The minimum absolute atomic E-state index is 0.0387. The number of halogens is 5. The minimum Gasteiger partial charge on any atom is -0.335 e. The maximum atomic E-state index is 14.8. The SMILES string of the molecule is CC(C)N1CCC(NC(=O)N[C@@](Cc2ccccc2)(c2cc(F)cc(C(F)(F)F)c2)c2ccc(CI)cn2)CC1. The Hall–Kier alpha value is -2.73. The molecule has 3 aromatic rings. The molecule has 2 N–H and O–H groups in total. The van der Waals surface area contributed by atoms with Crippen LogP contribution < -0.4 is 10.6 Å². The lowest BCUT2D eigenvalue weighted by atomic mass is 9.79. The third-order valence-electron chi connectivity index (χ3n) is 7.37. The predicted molar refractivity (Wildman–Crippen MR) is 156 cm³/mol. The lowest BCUT2D eigenvalue weighted by Crippen LogP contribution is -2.56. The van der Waals surface area contributed by atoms with E-state index in [2.05, 4.69) is 57.0 Å². The number of nitrogens with one attached hydrogen (secondary N) is 2. The summed E-state index contributed by atoms with van der Waals surface area (Å²) in [5.41, 5.74) is -0.792. The van der Waals surface area contributed by atoms with Gasteiger partial charge in [0.1, 0.15) is 11.4 Å². The topological polar surface area (TPSA) is 57.3 Å². The first-order valence-corrected chi connectivity index (χ1v) is 14.8. The van der Waals surface area contributed by atoms with Gasteiger partial charge in [0.25, 0.3) is 0 Å². The molecule has 214 valence electrons. The van der Waals surface area contributed by atoms with E-state index in [0.29, 0.717) is 22.2 Å². The normalized spacial score (nSPS) is 16.5. The van der Waals surface area contributed by atoms with Crippen LogP contribution in [0.1, 0.15) is 54.6 Å². The predicted octanol–water partition coefficient (Wildman–Crippen LogP) is 6.83. The Morgan fingerprint density at radius 2 is 1.70 bits per heavy atom. The highest BCUT2D eigenvalue weighted by atomic mass is 127. The van der Waals surface area contributed by atoms with Crippen LogP contribution in [0.2, 0.25) is 0 Å². The third kappa shape index (κ3) is 7.31. The van der Waals surface area contributed by atoms with E-state index >= 15 is 0 Å². The highest BCUT2D eigenvalue weighted by Crippen LogP contribution is 2.38. The monoisotopic (exact) mass is 668 g/mol. The van der Waals surface area contributed by atoms with E-state index in [0.717, 1.165) is 49.2 Å². The van der Waals surface area contributed by atoms with E-state index < -0.39 is 29.1 Å². The maximum absolute atomic E-state index is 14.8. The van der Waals surface area contributed by atoms with Crippen molar-refractivity contribution in [1.82, 2.24) is 20.5 Å². The summed E-state index contributed by atoms with van der Waals surface area (Å²) in [4.78, 5) is 20.5. The number of benzene rings is 2. The van der Waals surface area contributed by atoms with Crippen molar-refractivity contribution in [3.8, 4) is 0 Å². The van der Waals surface area contributed by atoms with Gasteiger partial charge in [0.2, 0.25) is 0 Å². The molecule has 1 saturated heterocycles. The van der Waals surface area contributed by atoms with Gasteiger partial charge in [-0.25, -0.2) is 9.18 Å². The van der Waals surface area contributed by atoms with Gasteiger partial charge in [-0.1, -0.05) is 59.0 Å². The highest BCUT2D eigenvalue weighted by Gasteiger charge is 2.41. The van der Waals surface area contributed by atoms with Crippen LogP contribution in [-0.4, -0.2) is 41.1 Å². The van der Waals surface area contributed by atoms with Crippen molar-refractivity contribution in [2.75, 3.05) is 13.1 Å². The van der Waals surface area contributed by atoms with Crippen LogP contribution in [-0.2, 0) is 22.6 Å². The molecule has 4 rings (SSSR count). The number of hydrogen-bond donors (Lipinski definition) is 2. The molecule has 1 aliphatic rings. The molecule has 0 bridgehead atoms. The number of urea groups is 1. The van der Waals surface area contributed by atoms with Gasteiger partial charge < -0.3 is 15.5 Å². The summed E-state index contributed by atoms with van der Waals surface area (Å²) in [7, 11) is 0. The molecule has 2 amide bonds. The number of piperidine rings is 1. The Bertz CT molecular complexity index is 1280. The average Bonchev–Trinajstić information content (AvgIpc) is 2.92. The first kappa shape index (κ1) is 30.2. The minimum atomic E-state index is -4.78. The molecule has 40 heavy (non-hydrogen) atoms. The standard InChI is InChI=1S/C30H33F4IN4O/c1-20(2)39-12-10-26(11-13-39)37-28(40)38-29(17-21-6-4-3-5-7-21,27-9-8-22(18-35)19-36-27)23-14-24(30(32,33)34)16-25(31)15-23/h3-9,14-16,19-20,26H,10-13,17-18H2,1-2H3,(H2,37,38,40)/t29-/m0/s1. The van der Waals surface area contributed by atoms with Crippen LogP contribution in [0.25, 0.3) is 0 Å². The first-order valence-electron chi connectivity index (χ1n) is 13.3. The van der Waals surface area contributed by atoms with Gasteiger partial charge in [0.05, 0.1) is 11.3 Å². The average molecular weight is 669 g/mol. The number of carbonyl (C=O) groups is 1. The lowest BCUT2D eigenvalue weighted by molar-refractivity contribution is -0.137. The zero-order valence-corrected chi connectivity index (χ0v) is 24.6. The second kappa shape index (κ2) is 12.8. The summed E-state index contributed by atoms with van der Waals surface area (Å²) in [5.74, 6) is -1.05. The number of rotatable bonds is 8. The number of carbonyl (C=O) groups excluding carboxylic acids is 1. The van der Waals surface area contributed by atoms with Gasteiger partial charge in [0, 0.05) is 42.2 Å². The van der Waals surface area contributed by atoms with Crippen LogP contribution >= 0.6 is 22.6 Å². The van der Waals surface area contributed by atoms with Crippen LogP contribution in [0, 0.1) is 5.82 Å². The van der Waals surface area contributed by atoms with Crippen LogP contribution in [0.15, 0.2) is 66.9 Å².